The van der Waals surface area contributed by atoms with Crippen LogP contribution >= 0.6 is 0 Å². The molecular formula is C15H18N4O. The zero-order valence-electron chi connectivity index (χ0n) is 11.5. The third-order valence-corrected chi connectivity index (χ3v) is 3.51. The molecule has 0 saturated carbocycles. The van der Waals surface area contributed by atoms with E-state index in [-0.39, 0.29) is 5.75 Å². The Kier molecular flexibility index (Phi) is 3.52. The van der Waals surface area contributed by atoms with Crippen molar-refractivity contribution >= 4 is 5.69 Å². The number of rotatable bonds is 2. The molecule has 2 aromatic rings. The average Bonchev–Trinajstić information content (AvgIpc) is 2.48. The summed E-state index contributed by atoms with van der Waals surface area (Å²) in [6, 6.07) is 7.31. The molecule has 0 radical (unpaired) electrons. The van der Waals surface area contributed by atoms with Gasteiger partial charge in [0.25, 0.3) is 0 Å². The van der Waals surface area contributed by atoms with Crippen LogP contribution in [0, 0.1) is 6.92 Å². The van der Waals surface area contributed by atoms with Crippen molar-refractivity contribution in [3.8, 4) is 17.0 Å². The Hall–Kier alpha value is -2.14. The molecule has 0 amide bonds. The first-order chi connectivity index (χ1) is 9.75. The SMILES string of the molecule is Cc1ncc(N2CCNCC2)c(-c2ccccc2O)n1. The highest BCUT2D eigenvalue weighted by Crippen LogP contribution is 2.34. The number of phenolic OH excluding ortho intramolecular Hbond substituents is 1. The summed E-state index contributed by atoms with van der Waals surface area (Å²) in [5.74, 6) is 0.962. The number of piperazine rings is 1. The lowest BCUT2D eigenvalue weighted by Crippen LogP contribution is -2.43. The molecule has 1 saturated heterocycles. The number of hydrogen-bond donors (Lipinski definition) is 2. The van der Waals surface area contributed by atoms with Crippen molar-refractivity contribution in [1.82, 2.24) is 15.3 Å². The van der Waals surface area contributed by atoms with Crippen LogP contribution in [0.15, 0.2) is 30.5 Å². The normalized spacial score (nSPS) is 15.3. The molecule has 104 valence electrons. The molecule has 2 heterocycles. The lowest BCUT2D eigenvalue weighted by Gasteiger charge is -2.30. The molecule has 0 bridgehead atoms. The topological polar surface area (TPSA) is 61.3 Å². The maximum absolute atomic E-state index is 10.1. The van der Waals surface area contributed by atoms with Crippen molar-refractivity contribution in [2.75, 3.05) is 31.1 Å². The van der Waals surface area contributed by atoms with Crippen LogP contribution < -0.4 is 10.2 Å². The summed E-state index contributed by atoms with van der Waals surface area (Å²) in [6.45, 7) is 5.62. The monoisotopic (exact) mass is 270 g/mol. The Balaban J connectivity index is 2.09. The average molecular weight is 270 g/mol. The molecule has 0 spiro atoms. The van der Waals surface area contributed by atoms with Gasteiger partial charge < -0.3 is 15.3 Å². The van der Waals surface area contributed by atoms with Gasteiger partial charge in [-0.25, -0.2) is 9.97 Å². The molecule has 2 N–H and O–H groups in total. The van der Waals surface area contributed by atoms with Crippen LogP contribution in [0.25, 0.3) is 11.3 Å². The molecule has 1 aromatic heterocycles. The van der Waals surface area contributed by atoms with E-state index in [1.807, 2.05) is 31.3 Å². The van der Waals surface area contributed by atoms with Crippen molar-refractivity contribution in [3.05, 3.63) is 36.3 Å². The van der Waals surface area contributed by atoms with E-state index < -0.39 is 0 Å². The molecule has 5 heteroatoms. The van der Waals surface area contributed by atoms with Crippen molar-refractivity contribution < 1.29 is 5.11 Å². The largest absolute Gasteiger partial charge is 0.507 e. The molecule has 20 heavy (non-hydrogen) atoms. The second-order valence-electron chi connectivity index (χ2n) is 4.91. The number of aromatic nitrogens is 2. The molecule has 1 aliphatic rings. The Morgan fingerprint density at radius 1 is 1.20 bits per heavy atom. The summed E-state index contributed by atoms with van der Waals surface area (Å²) in [6.07, 6.45) is 1.86. The first-order valence-electron chi connectivity index (χ1n) is 6.83. The maximum atomic E-state index is 10.1. The molecule has 1 aliphatic heterocycles. The molecule has 1 aromatic carbocycles. The minimum Gasteiger partial charge on any atom is -0.507 e. The molecule has 3 rings (SSSR count). The number of nitrogens with one attached hydrogen (secondary N) is 1. The van der Waals surface area contributed by atoms with Gasteiger partial charge in [-0.05, 0) is 19.1 Å². The smallest absolute Gasteiger partial charge is 0.126 e. The van der Waals surface area contributed by atoms with E-state index in [0.29, 0.717) is 5.82 Å². The summed E-state index contributed by atoms with van der Waals surface area (Å²) in [5, 5.41) is 13.4. The number of hydrogen-bond acceptors (Lipinski definition) is 5. The van der Waals surface area contributed by atoms with Crippen LogP contribution in [-0.2, 0) is 0 Å². The second-order valence-corrected chi connectivity index (χ2v) is 4.91. The Labute approximate surface area is 118 Å². The molecule has 0 atom stereocenters. The summed E-state index contributed by atoms with van der Waals surface area (Å²) < 4.78 is 0. The van der Waals surface area contributed by atoms with Gasteiger partial charge in [0.15, 0.2) is 0 Å². The van der Waals surface area contributed by atoms with E-state index in [4.69, 9.17) is 0 Å². The summed E-state index contributed by atoms with van der Waals surface area (Å²) in [5.41, 5.74) is 2.54. The number of para-hydroxylation sites is 1. The van der Waals surface area contributed by atoms with Crippen LogP contribution in [0.3, 0.4) is 0 Å². The zero-order chi connectivity index (χ0) is 13.9. The van der Waals surface area contributed by atoms with Crippen LogP contribution in [-0.4, -0.2) is 41.3 Å². The standard InChI is InChI=1S/C15H18N4O/c1-11-17-10-13(19-8-6-16-7-9-19)15(18-11)12-4-2-3-5-14(12)20/h2-5,10,16,20H,6-9H2,1H3. The van der Waals surface area contributed by atoms with Crippen molar-refractivity contribution in [2.45, 2.75) is 6.92 Å². The van der Waals surface area contributed by atoms with Gasteiger partial charge in [0.05, 0.1) is 11.9 Å². The van der Waals surface area contributed by atoms with Crippen molar-refractivity contribution in [3.63, 3.8) is 0 Å². The van der Waals surface area contributed by atoms with Crippen molar-refractivity contribution in [2.24, 2.45) is 0 Å². The van der Waals surface area contributed by atoms with E-state index in [0.717, 1.165) is 43.1 Å². The number of aryl methyl sites for hydroxylation is 1. The number of anilines is 1. The third kappa shape index (κ3) is 2.44. The summed E-state index contributed by atoms with van der Waals surface area (Å²) >= 11 is 0. The number of nitrogens with zero attached hydrogens (tertiary/aromatic N) is 3. The lowest BCUT2D eigenvalue weighted by molar-refractivity contribution is 0.477. The van der Waals surface area contributed by atoms with Crippen LogP contribution in [0.5, 0.6) is 5.75 Å². The van der Waals surface area contributed by atoms with Gasteiger partial charge in [0.1, 0.15) is 17.3 Å². The fraction of sp³-hybridized carbons (Fsp3) is 0.333. The molecule has 1 fully saturated rings. The second kappa shape index (κ2) is 5.46. The molecular weight excluding hydrogens is 252 g/mol. The number of phenols is 1. The first-order valence-corrected chi connectivity index (χ1v) is 6.83. The van der Waals surface area contributed by atoms with Gasteiger partial charge in [0, 0.05) is 31.7 Å². The highest BCUT2D eigenvalue weighted by Gasteiger charge is 2.18. The Morgan fingerprint density at radius 3 is 2.70 bits per heavy atom. The van der Waals surface area contributed by atoms with Crippen LogP contribution in [0.4, 0.5) is 5.69 Å². The van der Waals surface area contributed by atoms with E-state index in [1.165, 1.54) is 0 Å². The molecule has 0 unspecified atom stereocenters. The summed E-state index contributed by atoms with van der Waals surface area (Å²) in [7, 11) is 0. The van der Waals surface area contributed by atoms with Gasteiger partial charge in [0.2, 0.25) is 0 Å². The number of benzene rings is 1. The quantitative estimate of drug-likeness (QED) is 0.867. The minimum atomic E-state index is 0.252. The van der Waals surface area contributed by atoms with Gasteiger partial charge in [-0.2, -0.15) is 0 Å². The third-order valence-electron chi connectivity index (χ3n) is 3.51. The van der Waals surface area contributed by atoms with E-state index >= 15 is 0 Å². The summed E-state index contributed by atoms with van der Waals surface area (Å²) in [4.78, 5) is 11.1. The van der Waals surface area contributed by atoms with Crippen molar-refractivity contribution in [1.29, 1.82) is 0 Å². The predicted molar refractivity (Wildman–Crippen MR) is 79.0 cm³/mol. The van der Waals surface area contributed by atoms with E-state index in [2.05, 4.69) is 20.2 Å². The highest BCUT2D eigenvalue weighted by atomic mass is 16.3. The van der Waals surface area contributed by atoms with Gasteiger partial charge in [-0.1, -0.05) is 12.1 Å². The lowest BCUT2D eigenvalue weighted by atomic mass is 10.1. The first kappa shape index (κ1) is 12.9. The van der Waals surface area contributed by atoms with Gasteiger partial charge in [-0.15, -0.1) is 0 Å². The van der Waals surface area contributed by atoms with Crippen LogP contribution in [0.1, 0.15) is 5.82 Å². The fourth-order valence-electron chi connectivity index (χ4n) is 2.47. The van der Waals surface area contributed by atoms with E-state index in [1.54, 1.807) is 6.07 Å². The minimum absolute atomic E-state index is 0.252. The zero-order valence-corrected chi connectivity index (χ0v) is 11.5. The number of aromatic hydroxyl groups is 1. The molecule has 5 nitrogen and oxygen atoms in total. The van der Waals surface area contributed by atoms with E-state index in [9.17, 15) is 5.11 Å². The van der Waals surface area contributed by atoms with Gasteiger partial charge in [-0.3, -0.25) is 0 Å². The molecule has 0 aliphatic carbocycles. The van der Waals surface area contributed by atoms with Gasteiger partial charge >= 0.3 is 0 Å². The predicted octanol–water partition coefficient (Wildman–Crippen LogP) is 1.57. The highest BCUT2D eigenvalue weighted by molar-refractivity contribution is 5.78. The maximum Gasteiger partial charge on any atom is 0.126 e. The fourth-order valence-corrected chi connectivity index (χ4v) is 2.47. The Bertz CT molecular complexity index is 609. The Morgan fingerprint density at radius 2 is 1.95 bits per heavy atom. The van der Waals surface area contributed by atoms with Crippen LogP contribution in [0.2, 0.25) is 0 Å².